The van der Waals surface area contributed by atoms with Crippen LogP contribution in [-0.4, -0.2) is 35.3 Å². The van der Waals surface area contributed by atoms with E-state index in [1.807, 2.05) is 18.8 Å². The lowest BCUT2D eigenvalue weighted by molar-refractivity contribution is 0.366. The average Bonchev–Trinajstić information content (AvgIpc) is 2.80. The van der Waals surface area contributed by atoms with Gasteiger partial charge in [0.05, 0.1) is 29.0 Å². The first-order chi connectivity index (χ1) is 9.97. The van der Waals surface area contributed by atoms with Gasteiger partial charge in [0.1, 0.15) is 5.82 Å². The van der Waals surface area contributed by atoms with E-state index < -0.39 is 0 Å². The van der Waals surface area contributed by atoms with Crippen LogP contribution in [0.5, 0.6) is 0 Å². The fourth-order valence-corrected chi connectivity index (χ4v) is 2.77. The fraction of sp³-hybridized carbons (Fsp3) is 0.400. The molecule has 0 aliphatic carbocycles. The molecule has 21 heavy (non-hydrogen) atoms. The molecular weight excluding hydrogens is 335 g/mol. The Labute approximate surface area is 132 Å². The van der Waals surface area contributed by atoms with Crippen molar-refractivity contribution in [2.45, 2.75) is 19.0 Å². The third kappa shape index (κ3) is 4.36. The third-order valence-corrected chi connectivity index (χ3v) is 3.92. The van der Waals surface area contributed by atoms with E-state index >= 15 is 0 Å². The van der Waals surface area contributed by atoms with Gasteiger partial charge in [0.15, 0.2) is 0 Å². The van der Waals surface area contributed by atoms with Crippen LogP contribution in [-0.2, 0) is 13.0 Å². The van der Waals surface area contributed by atoms with Gasteiger partial charge < -0.3 is 10.6 Å². The van der Waals surface area contributed by atoms with Crippen molar-refractivity contribution in [2.24, 2.45) is 5.73 Å². The molecule has 0 amide bonds. The lowest BCUT2D eigenvalue weighted by Gasteiger charge is -2.17. The van der Waals surface area contributed by atoms with Crippen molar-refractivity contribution in [3.05, 3.63) is 52.0 Å². The summed E-state index contributed by atoms with van der Waals surface area (Å²) in [6, 6.07) is 6.27. The van der Waals surface area contributed by atoms with Gasteiger partial charge in [-0.2, -0.15) is 5.10 Å². The largest absolute Gasteiger partial charge is 0.322 e. The Morgan fingerprint density at radius 2 is 2.00 bits per heavy atom. The molecule has 1 heterocycles. The smallest absolute Gasteiger partial charge is 0.123 e. The van der Waals surface area contributed by atoms with Gasteiger partial charge in [-0.1, -0.05) is 12.1 Å². The number of halogens is 2. The second-order valence-electron chi connectivity index (χ2n) is 5.34. The number of likely N-dealkylation sites (N-methyl/N-ethyl adjacent to an activating group) is 1. The molecule has 0 fully saturated rings. The van der Waals surface area contributed by atoms with Crippen LogP contribution in [0.3, 0.4) is 0 Å². The van der Waals surface area contributed by atoms with Crippen LogP contribution in [0.1, 0.15) is 17.3 Å². The number of nitrogens with two attached hydrogens (primary N) is 1. The first kappa shape index (κ1) is 16.1. The van der Waals surface area contributed by atoms with E-state index in [4.69, 9.17) is 5.73 Å². The maximum Gasteiger partial charge on any atom is 0.123 e. The Morgan fingerprint density at radius 3 is 2.62 bits per heavy atom. The molecule has 6 heteroatoms. The summed E-state index contributed by atoms with van der Waals surface area (Å²) in [4.78, 5) is 2.10. The molecule has 114 valence electrons. The highest BCUT2D eigenvalue weighted by Gasteiger charge is 2.17. The Kier molecular flexibility index (Phi) is 5.50. The van der Waals surface area contributed by atoms with Crippen molar-refractivity contribution in [1.82, 2.24) is 14.7 Å². The zero-order chi connectivity index (χ0) is 15.4. The highest BCUT2D eigenvalue weighted by atomic mass is 79.9. The topological polar surface area (TPSA) is 47.1 Å². The van der Waals surface area contributed by atoms with Crippen molar-refractivity contribution >= 4 is 15.9 Å². The van der Waals surface area contributed by atoms with Gasteiger partial charge in [-0.15, -0.1) is 0 Å². The molecule has 2 aromatic rings. The van der Waals surface area contributed by atoms with Gasteiger partial charge in [-0.3, -0.25) is 4.68 Å². The minimum atomic E-state index is -0.232. The van der Waals surface area contributed by atoms with Gasteiger partial charge in [-0.05, 0) is 54.1 Å². The maximum atomic E-state index is 12.9. The van der Waals surface area contributed by atoms with Crippen LogP contribution in [0.15, 0.2) is 34.9 Å². The van der Waals surface area contributed by atoms with E-state index in [2.05, 4.69) is 25.9 Å². The van der Waals surface area contributed by atoms with Crippen LogP contribution in [0, 0.1) is 5.82 Å². The van der Waals surface area contributed by atoms with Crippen molar-refractivity contribution in [3.63, 3.8) is 0 Å². The van der Waals surface area contributed by atoms with Crippen molar-refractivity contribution < 1.29 is 4.39 Å². The summed E-state index contributed by atoms with van der Waals surface area (Å²) in [5.41, 5.74) is 8.30. The second kappa shape index (κ2) is 7.15. The molecule has 1 unspecified atom stereocenters. The number of benzene rings is 1. The quantitative estimate of drug-likeness (QED) is 0.867. The number of hydrogen-bond donors (Lipinski definition) is 1. The Hall–Kier alpha value is -1.24. The zero-order valence-corrected chi connectivity index (χ0v) is 13.8. The molecule has 0 aliphatic heterocycles. The molecule has 0 saturated heterocycles. The number of rotatable bonds is 6. The summed E-state index contributed by atoms with van der Waals surface area (Å²) in [6.07, 6.45) is 2.42. The van der Waals surface area contributed by atoms with Gasteiger partial charge in [0.25, 0.3) is 0 Å². The first-order valence-electron chi connectivity index (χ1n) is 6.83. The predicted octanol–water partition coefficient (Wildman–Crippen LogP) is 2.59. The number of nitrogens with zero attached hydrogens (tertiary/aromatic N) is 3. The summed E-state index contributed by atoms with van der Waals surface area (Å²) in [7, 11) is 4.05. The van der Waals surface area contributed by atoms with Crippen LogP contribution < -0.4 is 5.73 Å². The fourth-order valence-electron chi connectivity index (χ4n) is 2.18. The summed E-state index contributed by atoms with van der Waals surface area (Å²) in [5.74, 6) is -0.232. The summed E-state index contributed by atoms with van der Waals surface area (Å²) >= 11 is 3.51. The van der Waals surface area contributed by atoms with Crippen LogP contribution >= 0.6 is 15.9 Å². The van der Waals surface area contributed by atoms with E-state index in [-0.39, 0.29) is 11.9 Å². The zero-order valence-electron chi connectivity index (χ0n) is 12.3. The van der Waals surface area contributed by atoms with Crippen molar-refractivity contribution in [1.29, 1.82) is 0 Å². The monoisotopic (exact) mass is 354 g/mol. The molecule has 0 saturated carbocycles. The molecule has 0 spiro atoms. The number of hydrogen-bond acceptors (Lipinski definition) is 3. The molecule has 2 N–H and O–H groups in total. The third-order valence-electron chi connectivity index (χ3n) is 3.31. The van der Waals surface area contributed by atoms with Gasteiger partial charge in [-0.25, -0.2) is 4.39 Å². The SMILES string of the molecule is CN(C)CCn1ncc(Br)c1C(N)Cc1ccc(F)cc1. The Bertz CT molecular complexity index is 580. The highest BCUT2D eigenvalue weighted by molar-refractivity contribution is 9.10. The summed E-state index contributed by atoms with van der Waals surface area (Å²) < 4.78 is 15.8. The minimum Gasteiger partial charge on any atom is -0.322 e. The maximum absolute atomic E-state index is 12.9. The molecule has 0 bridgehead atoms. The number of aromatic nitrogens is 2. The normalized spacial score (nSPS) is 12.9. The lowest BCUT2D eigenvalue weighted by atomic mass is 10.0. The molecule has 1 aromatic heterocycles. The highest BCUT2D eigenvalue weighted by Crippen LogP contribution is 2.24. The van der Waals surface area contributed by atoms with E-state index in [1.165, 1.54) is 12.1 Å². The van der Waals surface area contributed by atoms with Crippen molar-refractivity contribution in [2.75, 3.05) is 20.6 Å². The van der Waals surface area contributed by atoms with Gasteiger partial charge >= 0.3 is 0 Å². The molecule has 1 atom stereocenters. The summed E-state index contributed by atoms with van der Waals surface area (Å²) in [6.45, 7) is 1.68. The summed E-state index contributed by atoms with van der Waals surface area (Å²) in [5, 5.41) is 4.37. The minimum absolute atomic E-state index is 0.186. The van der Waals surface area contributed by atoms with E-state index in [9.17, 15) is 4.39 Å². The Morgan fingerprint density at radius 1 is 1.33 bits per heavy atom. The van der Waals surface area contributed by atoms with Crippen LogP contribution in [0.2, 0.25) is 0 Å². The van der Waals surface area contributed by atoms with Gasteiger partial charge in [0, 0.05) is 6.54 Å². The van der Waals surface area contributed by atoms with E-state index in [0.29, 0.717) is 6.42 Å². The van der Waals surface area contributed by atoms with E-state index in [1.54, 1.807) is 18.3 Å². The Balaban J connectivity index is 2.12. The molecular formula is C15H20BrFN4. The van der Waals surface area contributed by atoms with E-state index in [0.717, 1.165) is 28.8 Å². The second-order valence-corrected chi connectivity index (χ2v) is 6.20. The average molecular weight is 355 g/mol. The molecule has 1 aromatic carbocycles. The van der Waals surface area contributed by atoms with Crippen LogP contribution in [0.4, 0.5) is 4.39 Å². The molecule has 4 nitrogen and oxygen atoms in total. The van der Waals surface area contributed by atoms with Gasteiger partial charge in [0.2, 0.25) is 0 Å². The van der Waals surface area contributed by atoms with Crippen molar-refractivity contribution in [3.8, 4) is 0 Å². The predicted molar refractivity (Wildman–Crippen MR) is 85.5 cm³/mol. The first-order valence-corrected chi connectivity index (χ1v) is 7.62. The van der Waals surface area contributed by atoms with Crippen LogP contribution in [0.25, 0.3) is 0 Å². The molecule has 0 aliphatic rings. The lowest BCUT2D eigenvalue weighted by Crippen LogP contribution is -2.24. The molecule has 0 radical (unpaired) electrons. The molecule has 2 rings (SSSR count). The standard InChI is InChI=1S/C15H20BrFN4/c1-20(2)7-8-21-15(13(16)10-19-21)14(18)9-11-3-5-12(17)6-4-11/h3-6,10,14H,7-9,18H2,1-2H3.